The van der Waals surface area contributed by atoms with Crippen LogP contribution >= 0.6 is 0 Å². The zero-order chi connectivity index (χ0) is 20.2. The Hall–Kier alpha value is -2.67. The van der Waals surface area contributed by atoms with Gasteiger partial charge in [-0.25, -0.2) is 8.78 Å². The van der Waals surface area contributed by atoms with Gasteiger partial charge in [-0.1, -0.05) is 12.1 Å². The van der Waals surface area contributed by atoms with Crippen LogP contribution in [0, 0.1) is 11.6 Å². The number of carbonyl (C=O) groups is 1. The second kappa shape index (κ2) is 8.78. The van der Waals surface area contributed by atoms with Crippen LogP contribution in [0.15, 0.2) is 48.5 Å². The van der Waals surface area contributed by atoms with E-state index in [-0.39, 0.29) is 17.5 Å². The van der Waals surface area contributed by atoms with Gasteiger partial charge in [0.1, 0.15) is 11.6 Å². The molecule has 0 N–H and O–H groups in total. The van der Waals surface area contributed by atoms with Crippen molar-refractivity contribution in [2.75, 3.05) is 68.7 Å². The van der Waals surface area contributed by atoms with Gasteiger partial charge in [-0.05, 0) is 36.4 Å². The van der Waals surface area contributed by atoms with E-state index in [0.717, 1.165) is 31.9 Å². The maximum absolute atomic E-state index is 14.0. The summed E-state index contributed by atoms with van der Waals surface area (Å²) in [6, 6.07) is 13.3. The van der Waals surface area contributed by atoms with Gasteiger partial charge in [0.25, 0.3) is 0 Å². The molecule has 29 heavy (non-hydrogen) atoms. The zero-order valence-corrected chi connectivity index (χ0v) is 16.4. The van der Waals surface area contributed by atoms with Crippen LogP contribution < -0.4 is 9.80 Å². The third-order valence-corrected chi connectivity index (χ3v) is 5.75. The van der Waals surface area contributed by atoms with E-state index < -0.39 is 0 Å². The Bertz CT molecular complexity index is 829. The van der Waals surface area contributed by atoms with E-state index in [9.17, 15) is 13.6 Å². The van der Waals surface area contributed by atoms with Gasteiger partial charge in [0.05, 0.1) is 12.2 Å². The topological polar surface area (TPSA) is 30.0 Å². The van der Waals surface area contributed by atoms with Gasteiger partial charge in [-0.2, -0.15) is 0 Å². The molecule has 0 spiro atoms. The molecule has 0 atom stereocenters. The monoisotopic (exact) mass is 400 g/mol. The summed E-state index contributed by atoms with van der Waals surface area (Å²) in [6.07, 6.45) is 0. The summed E-state index contributed by atoms with van der Waals surface area (Å²) in [5.74, 6) is -0.312. The van der Waals surface area contributed by atoms with Gasteiger partial charge in [0, 0.05) is 58.0 Å². The average molecular weight is 400 g/mol. The number of hydrogen-bond donors (Lipinski definition) is 0. The number of amides is 1. The lowest BCUT2D eigenvalue weighted by Crippen LogP contribution is -2.54. The van der Waals surface area contributed by atoms with E-state index in [4.69, 9.17) is 0 Å². The van der Waals surface area contributed by atoms with E-state index in [1.54, 1.807) is 24.3 Å². The molecule has 154 valence electrons. The number of carbonyl (C=O) groups excluding carboxylic acids is 1. The Labute approximate surface area is 170 Å². The molecule has 0 unspecified atom stereocenters. The molecule has 2 fully saturated rings. The van der Waals surface area contributed by atoms with Crippen LogP contribution in [-0.2, 0) is 4.79 Å². The van der Waals surface area contributed by atoms with Crippen molar-refractivity contribution in [2.24, 2.45) is 0 Å². The number of hydrogen-bond acceptors (Lipinski definition) is 4. The first-order valence-corrected chi connectivity index (χ1v) is 10.1. The summed E-state index contributed by atoms with van der Waals surface area (Å²) in [7, 11) is 0. The van der Waals surface area contributed by atoms with Crippen LogP contribution in [0.3, 0.4) is 0 Å². The van der Waals surface area contributed by atoms with E-state index in [0.29, 0.717) is 38.4 Å². The van der Waals surface area contributed by atoms with Crippen molar-refractivity contribution in [3.8, 4) is 0 Å². The molecule has 2 aromatic rings. The average Bonchev–Trinajstić information content (AvgIpc) is 2.75. The highest BCUT2D eigenvalue weighted by atomic mass is 19.1. The highest BCUT2D eigenvalue weighted by Gasteiger charge is 2.25. The fourth-order valence-corrected chi connectivity index (χ4v) is 4.01. The van der Waals surface area contributed by atoms with Crippen LogP contribution in [0.5, 0.6) is 0 Å². The minimum Gasteiger partial charge on any atom is -0.369 e. The molecule has 5 nitrogen and oxygen atoms in total. The van der Waals surface area contributed by atoms with Gasteiger partial charge in [0.2, 0.25) is 5.91 Å². The van der Waals surface area contributed by atoms with Crippen LogP contribution in [-0.4, -0.2) is 74.6 Å². The van der Waals surface area contributed by atoms with Crippen LogP contribution in [0.4, 0.5) is 20.2 Å². The first kappa shape index (κ1) is 19.6. The third-order valence-electron chi connectivity index (χ3n) is 5.75. The summed E-state index contributed by atoms with van der Waals surface area (Å²) in [5, 5.41) is 0. The number of para-hydroxylation sites is 1. The number of halogens is 2. The Morgan fingerprint density at radius 3 is 2.03 bits per heavy atom. The van der Waals surface area contributed by atoms with Crippen LogP contribution in [0.2, 0.25) is 0 Å². The van der Waals surface area contributed by atoms with E-state index in [1.807, 2.05) is 15.9 Å². The van der Waals surface area contributed by atoms with Crippen molar-refractivity contribution in [1.29, 1.82) is 0 Å². The molecule has 0 bridgehead atoms. The zero-order valence-electron chi connectivity index (χ0n) is 16.4. The minimum atomic E-state index is -0.229. The highest BCUT2D eigenvalue weighted by molar-refractivity contribution is 5.78. The van der Waals surface area contributed by atoms with E-state index in [2.05, 4.69) is 9.80 Å². The number of piperazine rings is 2. The quantitative estimate of drug-likeness (QED) is 0.789. The van der Waals surface area contributed by atoms with E-state index >= 15 is 0 Å². The summed E-state index contributed by atoms with van der Waals surface area (Å²) >= 11 is 0. The fraction of sp³-hybridized carbons (Fsp3) is 0.409. The molecule has 2 saturated heterocycles. The first-order valence-electron chi connectivity index (χ1n) is 10.1. The standard InChI is InChI=1S/C22H26F2N4O/c23-18-5-7-19(8-6-18)26-11-9-25(10-12-26)17-22(29)28-15-13-27(14-16-28)21-4-2-1-3-20(21)24/h1-8H,9-17H2. The molecule has 0 saturated carbocycles. The predicted octanol–water partition coefficient (Wildman–Crippen LogP) is 2.44. The maximum atomic E-state index is 14.0. The van der Waals surface area contributed by atoms with Crippen LogP contribution in [0.1, 0.15) is 0 Å². The molecular weight excluding hydrogens is 374 g/mol. The lowest BCUT2D eigenvalue weighted by molar-refractivity contribution is -0.132. The minimum absolute atomic E-state index is 0.133. The second-order valence-corrected chi connectivity index (χ2v) is 7.56. The third kappa shape index (κ3) is 4.67. The largest absolute Gasteiger partial charge is 0.369 e. The summed E-state index contributed by atoms with van der Waals surface area (Å²) in [5.41, 5.74) is 1.62. The van der Waals surface area contributed by atoms with Crippen LogP contribution in [0.25, 0.3) is 0 Å². The number of nitrogens with zero attached hydrogens (tertiary/aromatic N) is 4. The van der Waals surface area contributed by atoms with Crippen molar-refractivity contribution in [2.45, 2.75) is 0 Å². The SMILES string of the molecule is O=C(CN1CCN(c2ccc(F)cc2)CC1)N1CCN(c2ccccc2F)CC1. The highest BCUT2D eigenvalue weighted by Crippen LogP contribution is 2.20. The molecule has 2 aliphatic rings. The van der Waals surface area contributed by atoms with Gasteiger partial charge < -0.3 is 14.7 Å². The molecule has 7 heteroatoms. The smallest absolute Gasteiger partial charge is 0.236 e. The fourth-order valence-electron chi connectivity index (χ4n) is 4.01. The molecule has 4 rings (SSSR count). The first-order chi connectivity index (χ1) is 14.1. The molecule has 0 aliphatic carbocycles. The molecule has 2 aliphatic heterocycles. The summed E-state index contributed by atoms with van der Waals surface area (Å²) in [4.78, 5) is 21.0. The maximum Gasteiger partial charge on any atom is 0.236 e. The summed E-state index contributed by atoms with van der Waals surface area (Å²) in [6.45, 7) is 6.18. The molecule has 0 radical (unpaired) electrons. The molecular formula is C22H26F2N4O. The van der Waals surface area contributed by atoms with Gasteiger partial charge >= 0.3 is 0 Å². The van der Waals surface area contributed by atoms with Gasteiger partial charge in [0.15, 0.2) is 0 Å². The number of anilines is 2. The van der Waals surface area contributed by atoms with Crippen molar-refractivity contribution >= 4 is 17.3 Å². The van der Waals surface area contributed by atoms with Crippen molar-refractivity contribution in [3.05, 3.63) is 60.2 Å². The number of rotatable bonds is 4. The Morgan fingerprint density at radius 2 is 1.38 bits per heavy atom. The molecule has 2 heterocycles. The van der Waals surface area contributed by atoms with Crippen molar-refractivity contribution in [3.63, 3.8) is 0 Å². The van der Waals surface area contributed by atoms with Crippen molar-refractivity contribution < 1.29 is 13.6 Å². The van der Waals surface area contributed by atoms with Gasteiger partial charge in [-0.15, -0.1) is 0 Å². The summed E-state index contributed by atoms with van der Waals surface area (Å²) < 4.78 is 27.0. The Kier molecular flexibility index (Phi) is 5.94. The van der Waals surface area contributed by atoms with Gasteiger partial charge in [-0.3, -0.25) is 9.69 Å². The molecule has 1 amide bonds. The number of benzene rings is 2. The lowest BCUT2D eigenvalue weighted by Gasteiger charge is -2.39. The van der Waals surface area contributed by atoms with E-state index in [1.165, 1.54) is 18.2 Å². The Morgan fingerprint density at radius 1 is 0.759 bits per heavy atom. The molecule has 2 aromatic carbocycles. The lowest BCUT2D eigenvalue weighted by atomic mass is 10.2. The molecule has 0 aromatic heterocycles. The predicted molar refractivity (Wildman–Crippen MR) is 110 cm³/mol. The Balaban J connectivity index is 1.23. The van der Waals surface area contributed by atoms with Crippen molar-refractivity contribution in [1.82, 2.24) is 9.80 Å². The second-order valence-electron chi connectivity index (χ2n) is 7.56. The normalized spacial score (nSPS) is 18.2.